The van der Waals surface area contributed by atoms with Gasteiger partial charge >= 0.3 is 0 Å². The van der Waals surface area contributed by atoms with Gasteiger partial charge in [-0.25, -0.2) is 0 Å². The molecule has 0 fully saturated rings. The van der Waals surface area contributed by atoms with E-state index in [4.69, 9.17) is 15.3 Å². The minimum absolute atomic E-state index is 0. The molecule has 0 saturated heterocycles. The summed E-state index contributed by atoms with van der Waals surface area (Å²) in [5.74, 6) is 0. The van der Waals surface area contributed by atoms with Gasteiger partial charge in [0.1, 0.15) is 0 Å². The molecule has 0 bridgehead atoms. The van der Waals surface area contributed by atoms with E-state index in [1.165, 1.54) is 0 Å². The average Bonchev–Trinajstić information content (AvgIpc) is 1.70. The normalized spacial score (nSPS) is 4.50. The lowest BCUT2D eigenvalue weighted by atomic mass is 10.9. The van der Waals surface area contributed by atoms with Crippen LogP contribution in [0.2, 0.25) is 0 Å². The molecule has 0 spiro atoms. The Hall–Kier alpha value is -0.330. The Bertz CT molecular complexity index is 22.8. The van der Waals surface area contributed by atoms with Gasteiger partial charge in [-0.15, -0.1) is 0 Å². The Morgan fingerprint density at radius 1 is 0.583 bits per heavy atom. The Kier molecular flexibility index (Phi) is 482. The molecule has 84 valence electrons. The number of hydrogen-bond acceptors (Lipinski definition) is 3. The van der Waals surface area contributed by atoms with Crippen molar-refractivity contribution in [1.82, 2.24) is 0 Å². The monoisotopic (exact) mass is 198 g/mol. The zero-order chi connectivity index (χ0) is 8.12. The van der Waals surface area contributed by atoms with Crippen LogP contribution in [0, 0.1) is 0 Å². The van der Waals surface area contributed by atoms with E-state index < -0.39 is 0 Å². The molecule has 0 amide bonds. The van der Waals surface area contributed by atoms with Crippen molar-refractivity contribution in [2.45, 2.75) is 20.8 Å². The molecule has 3 nitrogen and oxygen atoms in total. The van der Waals surface area contributed by atoms with Gasteiger partial charge in [0.25, 0.3) is 0 Å². The van der Waals surface area contributed by atoms with Crippen molar-refractivity contribution < 1.29 is 29.4 Å². The van der Waals surface area contributed by atoms with E-state index in [-0.39, 0.29) is 33.9 Å². The van der Waals surface area contributed by atoms with Crippen molar-refractivity contribution >= 4 is 0 Å². The third kappa shape index (κ3) is 6670. The van der Waals surface area contributed by atoms with Gasteiger partial charge in [0.05, 0.1) is 0 Å². The fraction of sp³-hybridized carbons (Fsp3) is 1.00. The lowest BCUT2D eigenvalue weighted by Crippen LogP contribution is -1.57. The van der Waals surface area contributed by atoms with Gasteiger partial charge < -0.3 is 15.3 Å². The SMILES string of the molecule is CCO.CCO.CCO.F.F.F. The summed E-state index contributed by atoms with van der Waals surface area (Å²) >= 11 is 0. The molecule has 0 atom stereocenters. The first-order valence-corrected chi connectivity index (χ1v) is 3.07. The lowest BCUT2D eigenvalue weighted by Gasteiger charge is -1.52. The molecule has 0 radical (unpaired) electrons. The Morgan fingerprint density at radius 3 is 0.583 bits per heavy atom. The predicted octanol–water partition coefficient (Wildman–Crippen LogP) is 0.453. The first kappa shape index (κ1) is 41.3. The van der Waals surface area contributed by atoms with Gasteiger partial charge in [0.15, 0.2) is 0 Å². The van der Waals surface area contributed by atoms with Gasteiger partial charge in [-0.05, 0) is 20.8 Å². The molecule has 0 aromatic carbocycles. The third-order valence-electron chi connectivity index (χ3n) is 0. The number of halogens is 3. The molecular formula is C6H21F3O3. The maximum atomic E-state index is 7.57. The van der Waals surface area contributed by atoms with Crippen LogP contribution in [0.4, 0.5) is 14.1 Å². The van der Waals surface area contributed by atoms with Crippen molar-refractivity contribution in [3.8, 4) is 0 Å². The summed E-state index contributed by atoms with van der Waals surface area (Å²) in [5.41, 5.74) is 0. The standard InChI is InChI=1S/3C2H6O.3FH/c3*1-2-3;;;/h3*3H,2H2,1H3;3*1H. The van der Waals surface area contributed by atoms with E-state index in [0.717, 1.165) is 0 Å². The van der Waals surface area contributed by atoms with Gasteiger partial charge in [-0.3, -0.25) is 14.1 Å². The van der Waals surface area contributed by atoms with Crippen LogP contribution in [-0.2, 0) is 0 Å². The van der Waals surface area contributed by atoms with Gasteiger partial charge in [-0.2, -0.15) is 0 Å². The third-order valence-corrected chi connectivity index (χ3v) is 0. The molecule has 0 aliphatic rings. The van der Waals surface area contributed by atoms with Crippen LogP contribution < -0.4 is 0 Å². The molecule has 0 aromatic heterocycles. The zero-order valence-electron chi connectivity index (χ0n) is 7.69. The molecule has 0 saturated carbocycles. The van der Waals surface area contributed by atoms with Crippen LogP contribution in [0.25, 0.3) is 0 Å². The highest BCUT2D eigenvalue weighted by atomic mass is 19.0. The largest absolute Gasteiger partial charge is 0.397 e. The highest BCUT2D eigenvalue weighted by molar-refractivity contribution is 3.84. The minimum atomic E-state index is 0. The topological polar surface area (TPSA) is 60.7 Å². The summed E-state index contributed by atoms with van der Waals surface area (Å²) in [6.07, 6.45) is 0. The van der Waals surface area contributed by atoms with Crippen molar-refractivity contribution in [3.05, 3.63) is 0 Å². The first-order valence-electron chi connectivity index (χ1n) is 3.07. The van der Waals surface area contributed by atoms with Crippen molar-refractivity contribution in [2.75, 3.05) is 19.8 Å². The van der Waals surface area contributed by atoms with E-state index >= 15 is 0 Å². The van der Waals surface area contributed by atoms with Crippen molar-refractivity contribution in [3.63, 3.8) is 0 Å². The Morgan fingerprint density at radius 2 is 0.583 bits per heavy atom. The second-order valence-corrected chi connectivity index (χ2v) is 0.949. The Balaban J connectivity index is -0.00000001000. The molecule has 0 aromatic rings. The van der Waals surface area contributed by atoms with Gasteiger partial charge in [0, 0.05) is 19.8 Å². The van der Waals surface area contributed by atoms with Gasteiger partial charge in [0.2, 0.25) is 0 Å². The minimum Gasteiger partial charge on any atom is -0.397 e. The van der Waals surface area contributed by atoms with Crippen LogP contribution in [0.15, 0.2) is 0 Å². The lowest BCUT2D eigenvalue weighted by molar-refractivity contribution is 0.318. The molecule has 0 rings (SSSR count). The van der Waals surface area contributed by atoms with Crippen molar-refractivity contribution in [2.24, 2.45) is 0 Å². The fourth-order valence-electron chi connectivity index (χ4n) is 0. The second kappa shape index (κ2) is 140. The van der Waals surface area contributed by atoms with Crippen LogP contribution in [0.1, 0.15) is 20.8 Å². The quantitative estimate of drug-likeness (QED) is 0.529. The zero-order valence-corrected chi connectivity index (χ0v) is 7.69. The van der Waals surface area contributed by atoms with E-state index in [0.29, 0.717) is 0 Å². The number of aliphatic hydroxyl groups is 3. The maximum Gasteiger partial charge on any atom is 0.0402 e. The number of rotatable bonds is 0. The summed E-state index contributed by atoms with van der Waals surface area (Å²) < 4.78 is 0. The molecule has 6 heteroatoms. The predicted molar refractivity (Wildman–Crippen MR) is 45.8 cm³/mol. The maximum absolute atomic E-state index is 7.57. The summed E-state index contributed by atoms with van der Waals surface area (Å²) in [6, 6.07) is 0. The van der Waals surface area contributed by atoms with Crippen LogP contribution in [0.3, 0.4) is 0 Å². The van der Waals surface area contributed by atoms with Crippen LogP contribution >= 0.6 is 0 Å². The van der Waals surface area contributed by atoms with Crippen molar-refractivity contribution in [1.29, 1.82) is 0 Å². The van der Waals surface area contributed by atoms with E-state index in [1.807, 2.05) is 0 Å². The molecule has 3 N–H and O–H groups in total. The average molecular weight is 198 g/mol. The fourth-order valence-corrected chi connectivity index (χ4v) is 0. The van der Waals surface area contributed by atoms with Gasteiger partial charge in [-0.1, -0.05) is 0 Å². The van der Waals surface area contributed by atoms with E-state index in [9.17, 15) is 0 Å². The summed E-state index contributed by atoms with van der Waals surface area (Å²) in [6.45, 7) is 5.79. The smallest absolute Gasteiger partial charge is 0.0402 e. The highest BCUT2D eigenvalue weighted by Crippen LogP contribution is 1.30. The summed E-state index contributed by atoms with van der Waals surface area (Å²) in [4.78, 5) is 0. The molecule has 12 heavy (non-hydrogen) atoms. The molecule has 0 aliphatic heterocycles. The summed E-state index contributed by atoms with van der Waals surface area (Å²) in [5, 5.41) is 22.7. The number of aliphatic hydroxyl groups excluding tert-OH is 3. The molecule has 0 aliphatic carbocycles. The molecule has 0 heterocycles. The summed E-state index contributed by atoms with van der Waals surface area (Å²) in [7, 11) is 0. The van der Waals surface area contributed by atoms with Crippen LogP contribution in [0.5, 0.6) is 0 Å². The van der Waals surface area contributed by atoms with Crippen LogP contribution in [-0.4, -0.2) is 35.1 Å². The second-order valence-electron chi connectivity index (χ2n) is 0.949. The molecular weight excluding hydrogens is 177 g/mol. The molecule has 0 unspecified atom stereocenters. The van der Waals surface area contributed by atoms with E-state index in [1.54, 1.807) is 20.8 Å². The van der Waals surface area contributed by atoms with E-state index in [2.05, 4.69) is 0 Å². The Labute approximate surface area is 71.1 Å². The highest BCUT2D eigenvalue weighted by Gasteiger charge is 1.35. The number of hydrogen-bond donors (Lipinski definition) is 3. The first-order chi connectivity index (χ1) is 4.24.